The highest BCUT2D eigenvalue weighted by Crippen LogP contribution is 2.49. The molecule has 0 N–H and O–H groups in total. The Bertz CT molecular complexity index is 1400. The first kappa shape index (κ1) is 21.6. The molecule has 0 bridgehead atoms. The van der Waals surface area contributed by atoms with Crippen molar-refractivity contribution in [3.63, 3.8) is 0 Å². The van der Waals surface area contributed by atoms with E-state index in [4.69, 9.17) is 16.3 Å². The lowest BCUT2D eigenvalue weighted by Gasteiger charge is -2.36. The van der Waals surface area contributed by atoms with Crippen LogP contribution in [0.5, 0.6) is 5.75 Å². The first-order valence-electron chi connectivity index (χ1n) is 11.4. The number of benzene rings is 3. The maximum absolute atomic E-state index is 14.0. The van der Waals surface area contributed by atoms with Crippen LogP contribution in [0.4, 0.5) is 11.4 Å². The van der Waals surface area contributed by atoms with E-state index in [-0.39, 0.29) is 17.6 Å². The number of amides is 2. The van der Waals surface area contributed by atoms with Crippen molar-refractivity contribution in [3.05, 3.63) is 95.0 Å². The summed E-state index contributed by atoms with van der Waals surface area (Å²) in [5, 5.41) is 0.430. The Morgan fingerprint density at radius 2 is 1.66 bits per heavy atom. The monoisotopic (exact) mass is 484 g/mol. The lowest BCUT2D eigenvalue weighted by atomic mass is 9.86. The maximum atomic E-state index is 14.0. The number of nitrogens with zero attached hydrogens (tertiary/aromatic N) is 2. The molecular formula is C28H21ClN2O4. The van der Waals surface area contributed by atoms with E-state index in [1.54, 1.807) is 55.6 Å². The van der Waals surface area contributed by atoms with Crippen molar-refractivity contribution >= 4 is 46.6 Å². The molecule has 2 amide bonds. The molecule has 3 heterocycles. The van der Waals surface area contributed by atoms with Crippen molar-refractivity contribution in [1.82, 2.24) is 0 Å². The average Bonchev–Trinajstić information content (AvgIpc) is 3.36. The van der Waals surface area contributed by atoms with Crippen molar-refractivity contribution < 1.29 is 19.1 Å². The highest BCUT2D eigenvalue weighted by molar-refractivity contribution is 6.31. The van der Waals surface area contributed by atoms with Crippen molar-refractivity contribution in [3.8, 4) is 5.75 Å². The standard InChI is InChI=1S/C28H21ClN2O4/c1-35-20-12-9-17(10-13-20)26(32)25-24-23(22-14-11-16-5-2-3-8-21(16)31(22)25)27(33)30(28(24)34)19-7-4-6-18(29)15-19/h2-15,22-25H,1H3/t22-,23-,24-,25+/m1/s1. The van der Waals surface area contributed by atoms with Crippen LogP contribution in [0.2, 0.25) is 5.02 Å². The van der Waals surface area contributed by atoms with E-state index >= 15 is 0 Å². The van der Waals surface area contributed by atoms with Crippen LogP contribution >= 0.6 is 11.6 Å². The second-order valence-electron chi connectivity index (χ2n) is 8.90. The summed E-state index contributed by atoms with van der Waals surface area (Å²) >= 11 is 6.16. The van der Waals surface area contributed by atoms with Gasteiger partial charge in [0.2, 0.25) is 11.8 Å². The molecule has 0 aromatic heterocycles. The number of ether oxygens (including phenoxy) is 1. The third-order valence-electron chi connectivity index (χ3n) is 7.12. The number of imide groups is 1. The van der Waals surface area contributed by atoms with Gasteiger partial charge in [-0.2, -0.15) is 0 Å². The first-order chi connectivity index (χ1) is 17.0. The molecule has 35 heavy (non-hydrogen) atoms. The topological polar surface area (TPSA) is 66.9 Å². The fourth-order valence-corrected chi connectivity index (χ4v) is 5.79. The quantitative estimate of drug-likeness (QED) is 0.399. The zero-order chi connectivity index (χ0) is 24.3. The Morgan fingerprint density at radius 1 is 0.914 bits per heavy atom. The Morgan fingerprint density at radius 3 is 2.40 bits per heavy atom. The number of Topliss-reactive ketones (excluding diaryl/α,β-unsaturated/α-hetero) is 1. The molecule has 0 unspecified atom stereocenters. The molecule has 0 radical (unpaired) electrons. The molecule has 3 aliphatic rings. The van der Waals surface area contributed by atoms with Crippen molar-refractivity contribution in [1.29, 1.82) is 0 Å². The van der Waals surface area contributed by atoms with Crippen LogP contribution < -0.4 is 14.5 Å². The molecule has 7 heteroatoms. The largest absolute Gasteiger partial charge is 0.497 e. The minimum absolute atomic E-state index is 0.204. The molecular weight excluding hydrogens is 464 g/mol. The van der Waals surface area contributed by atoms with E-state index in [0.717, 1.165) is 11.3 Å². The summed E-state index contributed by atoms with van der Waals surface area (Å²) in [7, 11) is 1.56. The summed E-state index contributed by atoms with van der Waals surface area (Å²) in [4.78, 5) is 44.7. The summed E-state index contributed by atoms with van der Waals surface area (Å²) < 4.78 is 5.23. The van der Waals surface area contributed by atoms with Crippen LogP contribution in [0, 0.1) is 11.8 Å². The number of rotatable bonds is 4. The van der Waals surface area contributed by atoms with Gasteiger partial charge in [0.1, 0.15) is 11.8 Å². The molecule has 3 aromatic rings. The molecule has 4 atom stereocenters. The average molecular weight is 485 g/mol. The van der Waals surface area contributed by atoms with Gasteiger partial charge in [-0.25, -0.2) is 4.90 Å². The minimum Gasteiger partial charge on any atom is -0.497 e. The number of carbonyl (C=O) groups excluding carboxylic acids is 3. The number of fused-ring (bicyclic) bond motifs is 5. The molecule has 6 nitrogen and oxygen atoms in total. The molecule has 0 saturated carbocycles. The van der Waals surface area contributed by atoms with Gasteiger partial charge in [0.15, 0.2) is 5.78 Å². The molecule has 3 aliphatic heterocycles. The number of halogens is 1. The smallest absolute Gasteiger partial charge is 0.240 e. The Kier molecular flexibility index (Phi) is 5.00. The highest BCUT2D eigenvalue weighted by atomic mass is 35.5. The van der Waals surface area contributed by atoms with E-state index in [2.05, 4.69) is 0 Å². The number of para-hydroxylation sites is 1. The lowest BCUT2D eigenvalue weighted by molar-refractivity contribution is -0.122. The molecule has 3 aromatic carbocycles. The number of carbonyl (C=O) groups is 3. The van der Waals surface area contributed by atoms with Crippen LogP contribution in [-0.2, 0) is 9.59 Å². The van der Waals surface area contributed by atoms with Gasteiger partial charge in [0.25, 0.3) is 0 Å². The Labute approximate surface area is 207 Å². The van der Waals surface area contributed by atoms with Crippen molar-refractivity contribution in [2.75, 3.05) is 16.9 Å². The van der Waals surface area contributed by atoms with Gasteiger partial charge in [-0.1, -0.05) is 48.0 Å². The Balaban J connectivity index is 1.48. The SMILES string of the molecule is COc1ccc(C(=O)[C@@H]2[C@@H]3C(=O)N(c4cccc(Cl)c4)C(=O)[C@@H]3[C@H]3C=Cc4ccccc4N32)cc1. The van der Waals surface area contributed by atoms with Gasteiger partial charge in [0, 0.05) is 16.3 Å². The fraction of sp³-hybridized carbons (Fsp3) is 0.179. The van der Waals surface area contributed by atoms with Gasteiger partial charge >= 0.3 is 0 Å². The highest BCUT2D eigenvalue weighted by Gasteiger charge is 2.64. The zero-order valence-corrected chi connectivity index (χ0v) is 19.6. The molecule has 6 rings (SSSR count). The van der Waals surface area contributed by atoms with Crippen LogP contribution in [0.1, 0.15) is 15.9 Å². The van der Waals surface area contributed by atoms with Gasteiger partial charge in [-0.3, -0.25) is 14.4 Å². The summed E-state index contributed by atoms with van der Waals surface area (Å²) in [5.74, 6) is -1.77. The lowest BCUT2D eigenvalue weighted by Crippen LogP contribution is -2.48. The summed E-state index contributed by atoms with van der Waals surface area (Å²) in [5.41, 5.74) is 2.67. The zero-order valence-electron chi connectivity index (χ0n) is 18.8. The predicted molar refractivity (Wildman–Crippen MR) is 134 cm³/mol. The fourth-order valence-electron chi connectivity index (χ4n) is 5.61. The molecule has 0 spiro atoms. The molecule has 2 saturated heterocycles. The summed E-state index contributed by atoms with van der Waals surface area (Å²) in [6.07, 6.45) is 3.90. The molecule has 174 valence electrons. The second kappa shape index (κ2) is 8.10. The number of methoxy groups -OCH3 is 1. The van der Waals surface area contributed by atoms with Crippen LogP contribution in [0.15, 0.2) is 78.9 Å². The van der Waals surface area contributed by atoms with Crippen molar-refractivity contribution in [2.24, 2.45) is 11.8 Å². The van der Waals surface area contributed by atoms with Crippen LogP contribution in [0.3, 0.4) is 0 Å². The van der Waals surface area contributed by atoms with Gasteiger partial charge < -0.3 is 9.64 Å². The number of ketones is 1. The molecule has 2 fully saturated rings. The maximum Gasteiger partial charge on any atom is 0.240 e. The van der Waals surface area contributed by atoms with Crippen molar-refractivity contribution in [2.45, 2.75) is 12.1 Å². The third-order valence-corrected chi connectivity index (χ3v) is 7.36. The van der Waals surface area contributed by atoms with Gasteiger partial charge in [0.05, 0.1) is 30.7 Å². The number of hydrogen-bond acceptors (Lipinski definition) is 5. The van der Waals surface area contributed by atoms with E-state index in [1.807, 2.05) is 41.3 Å². The second-order valence-corrected chi connectivity index (χ2v) is 9.33. The minimum atomic E-state index is -0.829. The predicted octanol–water partition coefficient (Wildman–Crippen LogP) is 4.62. The van der Waals surface area contributed by atoms with E-state index in [9.17, 15) is 14.4 Å². The van der Waals surface area contributed by atoms with Crippen LogP contribution in [-0.4, -0.2) is 36.8 Å². The van der Waals surface area contributed by atoms with Gasteiger partial charge in [-0.15, -0.1) is 0 Å². The normalized spacial score (nSPS) is 24.3. The summed E-state index contributed by atoms with van der Waals surface area (Å²) in [6.45, 7) is 0. The first-order valence-corrected chi connectivity index (χ1v) is 11.7. The van der Waals surface area contributed by atoms with Gasteiger partial charge in [-0.05, 0) is 54.1 Å². The van der Waals surface area contributed by atoms with Crippen LogP contribution in [0.25, 0.3) is 6.08 Å². The van der Waals surface area contributed by atoms with E-state index < -0.39 is 23.9 Å². The Hall–Kier alpha value is -3.90. The van der Waals surface area contributed by atoms with E-state index in [1.165, 1.54) is 4.90 Å². The van der Waals surface area contributed by atoms with E-state index in [0.29, 0.717) is 22.0 Å². The number of anilines is 2. The molecule has 0 aliphatic carbocycles. The number of hydrogen-bond donors (Lipinski definition) is 0. The summed E-state index contributed by atoms with van der Waals surface area (Å²) in [6, 6.07) is 20.0. The third kappa shape index (κ3) is 3.21.